The molecule has 2 aliphatic rings. The third kappa shape index (κ3) is 1.08. The van der Waals surface area contributed by atoms with Gasteiger partial charge in [-0.05, 0) is 45.2 Å². The average molecular weight is 192 g/mol. The van der Waals surface area contributed by atoms with Gasteiger partial charge in [-0.3, -0.25) is 0 Å². The molecule has 0 unspecified atom stereocenters. The van der Waals surface area contributed by atoms with E-state index in [4.69, 9.17) is 0 Å². The molecule has 0 aliphatic heterocycles. The van der Waals surface area contributed by atoms with Crippen molar-refractivity contribution in [3.63, 3.8) is 0 Å². The van der Waals surface area contributed by atoms with Gasteiger partial charge in [0.1, 0.15) is 0 Å². The fourth-order valence-electron chi connectivity index (χ4n) is 2.32. The number of fused-ring (bicyclic) bond motifs is 3. The highest BCUT2D eigenvalue weighted by atomic mass is 14.2. The molecule has 0 aromatic heterocycles. The highest BCUT2D eigenvalue weighted by molar-refractivity contribution is 5.96. The molecule has 0 bridgehead atoms. The smallest absolute Gasteiger partial charge is 0.00360 e. The minimum absolute atomic E-state index is 1.03. The van der Waals surface area contributed by atoms with Crippen molar-refractivity contribution in [3.05, 3.63) is 57.5 Å². The van der Waals surface area contributed by atoms with Gasteiger partial charge in [0, 0.05) is 0 Å². The summed E-state index contributed by atoms with van der Waals surface area (Å²) in [5, 5.41) is 2.20. The van der Waals surface area contributed by atoms with E-state index in [9.17, 15) is 0 Å². The van der Waals surface area contributed by atoms with Gasteiger partial charge < -0.3 is 0 Å². The van der Waals surface area contributed by atoms with Crippen LogP contribution in [0.1, 0.15) is 17.5 Å². The van der Waals surface area contributed by atoms with Crippen LogP contribution in [0.4, 0.5) is 0 Å². The first-order chi connectivity index (χ1) is 7.27. The Kier molecular flexibility index (Phi) is 1.60. The predicted molar refractivity (Wildman–Crippen MR) is 66.4 cm³/mol. The maximum Gasteiger partial charge on any atom is -0.00360 e. The normalized spacial score (nSPS) is 16.8. The van der Waals surface area contributed by atoms with Crippen LogP contribution < -0.4 is 10.4 Å². The van der Waals surface area contributed by atoms with E-state index < -0.39 is 0 Å². The van der Waals surface area contributed by atoms with E-state index in [2.05, 4.69) is 43.5 Å². The maximum absolute atomic E-state index is 4.10. The molecule has 0 nitrogen and oxygen atoms in total. The Morgan fingerprint density at radius 3 is 2.73 bits per heavy atom. The monoisotopic (exact) mass is 192 g/mol. The van der Waals surface area contributed by atoms with Crippen LogP contribution in [0.5, 0.6) is 0 Å². The lowest BCUT2D eigenvalue weighted by atomic mass is 9.96. The summed E-state index contributed by atoms with van der Waals surface area (Å²) in [6.07, 6.45) is 9.76. The molecule has 0 radical (unpaired) electrons. The van der Waals surface area contributed by atoms with Crippen LogP contribution in [-0.4, -0.2) is 0 Å². The average Bonchev–Trinajstić information content (AvgIpc) is 2.64. The van der Waals surface area contributed by atoms with Crippen molar-refractivity contribution in [3.8, 4) is 0 Å². The number of hydrogen-bond donors (Lipinski definition) is 0. The SMILES string of the molecule is C=c1ccc(=C)c2c1C=C1CC=CC=C12. The summed E-state index contributed by atoms with van der Waals surface area (Å²) < 4.78 is 0. The summed E-state index contributed by atoms with van der Waals surface area (Å²) in [5.41, 5.74) is 5.27. The fraction of sp³-hybridized carbons (Fsp3) is 0.0667. The van der Waals surface area contributed by atoms with Crippen LogP contribution in [0.2, 0.25) is 0 Å². The number of hydrogen-bond acceptors (Lipinski definition) is 0. The molecule has 1 aromatic rings. The van der Waals surface area contributed by atoms with Crippen molar-refractivity contribution < 1.29 is 0 Å². The largest absolute Gasteiger partial charge is 0.0911 e. The van der Waals surface area contributed by atoms with Crippen molar-refractivity contribution in [2.24, 2.45) is 0 Å². The van der Waals surface area contributed by atoms with E-state index in [1.807, 2.05) is 6.07 Å². The van der Waals surface area contributed by atoms with E-state index in [-0.39, 0.29) is 0 Å². The number of benzene rings is 1. The van der Waals surface area contributed by atoms with Gasteiger partial charge in [-0.1, -0.05) is 43.5 Å². The molecular formula is C15H12. The maximum atomic E-state index is 4.10. The topological polar surface area (TPSA) is 0 Å². The number of allylic oxidation sites excluding steroid dienone is 5. The van der Waals surface area contributed by atoms with Gasteiger partial charge in [-0.25, -0.2) is 0 Å². The summed E-state index contributed by atoms with van der Waals surface area (Å²) in [6, 6.07) is 4.10. The van der Waals surface area contributed by atoms with Gasteiger partial charge in [0.05, 0.1) is 0 Å². The van der Waals surface area contributed by atoms with Gasteiger partial charge in [-0.2, -0.15) is 0 Å². The van der Waals surface area contributed by atoms with Gasteiger partial charge in [0.25, 0.3) is 0 Å². The Labute approximate surface area is 89.3 Å². The zero-order chi connectivity index (χ0) is 10.4. The molecule has 0 saturated carbocycles. The summed E-state index contributed by atoms with van der Waals surface area (Å²) in [4.78, 5) is 0. The lowest BCUT2D eigenvalue weighted by molar-refractivity contribution is 1.30. The first-order valence-electron chi connectivity index (χ1n) is 5.16. The highest BCUT2D eigenvalue weighted by Crippen LogP contribution is 2.35. The second kappa shape index (κ2) is 2.83. The van der Waals surface area contributed by atoms with Crippen molar-refractivity contribution in [2.75, 3.05) is 0 Å². The van der Waals surface area contributed by atoms with Gasteiger partial charge >= 0.3 is 0 Å². The molecule has 0 N–H and O–H groups in total. The number of rotatable bonds is 0. The molecule has 0 fully saturated rings. The highest BCUT2D eigenvalue weighted by Gasteiger charge is 2.19. The van der Waals surface area contributed by atoms with Crippen LogP contribution in [0, 0.1) is 0 Å². The second-order valence-corrected chi connectivity index (χ2v) is 4.05. The minimum Gasteiger partial charge on any atom is -0.0911 e. The standard InChI is InChI=1S/C15H12/c1-10-7-8-11(2)15-13-6-4-3-5-12(13)9-14(10)15/h3-4,6-9H,1-2,5H2. The fourth-order valence-corrected chi connectivity index (χ4v) is 2.32. The van der Waals surface area contributed by atoms with Crippen molar-refractivity contribution in [1.29, 1.82) is 0 Å². The van der Waals surface area contributed by atoms with Gasteiger partial charge in [-0.15, -0.1) is 0 Å². The molecule has 0 saturated heterocycles. The zero-order valence-corrected chi connectivity index (χ0v) is 8.59. The van der Waals surface area contributed by atoms with E-state index in [0.29, 0.717) is 0 Å². The van der Waals surface area contributed by atoms with E-state index in [0.717, 1.165) is 16.9 Å². The summed E-state index contributed by atoms with van der Waals surface area (Å²) in [6.45, 7) is 8.17. The molecule has 72 valence electrons. The Bertz CT molecular complexity index is 625. The van der Waals surface area contributed by atoms with Crippen LogP contribution in [0.3, 0.4) is 0 Å². The first-order valence-corrected chi connectivity index (χ1v) is 5.16. The van der Waals surface area contributed by atoms with E-state index in [1.165, 1.54) is 22.3 Å². The minimum atomic E-state index is 1.03. The van der Waals surface area contributed by atoms with Gasteiger partial charge in [0.15, 0.2) is 0 Å². The van der Waals surface area contributed by atoms with E-state index in [1.54, 1.807) is 0 Å². The van der Waals surface area contributed by atoms with Crippen LogP contribution in [-0.2, 0) is 0 Å². The molecule has 1 aromatic carbocycles. The van der Waals surface area contributed by atoms with Crippen molar-refractivity contribution >= 4 is 24.8 Å². The quantitative estimate of drug-likeness (QED) is 0.591. The molecular weight excluding hydrogens is 180 g/mol. The lowest BCUT2D eigenvalue weighted by Crippen LogP contribution is -2.14. The summed E-state index contributed by atoms with van der Waals surface area (Å²) in [7, 11) is 0. The predicted octanol–water partition coefficient (Wildman–Crippen LogP) is 2.25. The Morgan fingerprint density at radius 1 is 1.07 bits per heavy atom. The molecule has 2 aliphatic carbocycles. The van der Waals surface area contributed by atoms with Crippen molar-refractivity contribution in [2.45, 2.75) is 6.42 Å². The summed E-state index contributed by atoms with van der Waals surface area (Å²) >= 11 is 0. The third-order valence-corrected chi connectivity index (χ3v) is 3.09. The molecule has 3 rings (SSSR count). The summed E-state index contributed by atoms with van der Waals surface area (Å²) in [5.74, 6) is 0. The van der Waals surface area contributed by atoms with E-state index >= 15 is 0 Å². The van der Waals surface area contributed by atoms with Crippen LogP contribution >= 0.6 is 0 Å². The first kappa shape index (κ1) is 8.49. The molecule has 0 amide bonds. The van der Waals surface area contributed by atoms with Crippen molar-refractivity contribution in [1.82, 2.24) is 0 Å². The third-order valence-electron chi connectivity index (χ3n) is 3.09. The molecule has 0 spiro atoms. The lowest BCUT2D eigenvalue weighted by Gasteiger charge is -2.08. The Balaban J connectivity index is 2.43. The zero-order valence-electron chi connectivity index (χ0n) is 8.59. The van der Waals surface area contributed by atoms with Gasteiger partial charge in [0.2, 0.25) is 0 Å². The second-order valence-electron chi connectivity index (χ2n) is 4.05. The Hall–Kier alpha value is -1.82. The molecule has 0 heterocycles. The molecule has 0 atom stereocenters. The Morgan fingerprint density at radius 2 is 1.87 bits per heavy atom. The molecule has 15 heavy (non-hydrogen) atoms. The molecule has 0 heteroatoms. The van der Waals surface area contributed by atoms with Crippen LogP contribution in [0.15, 0.2) is 35.9 Å². The van der Waals surface area contributed by atoms with Crippen LogP contribution in [0.25, 0.3) is 24.8 Å².